The maximum absolute atomic E-state index is 12.5. The van der Waals surface area contributed by atoms with E-state index in [-0.39, 0.29) is 18.0 Å². The first-order chi connectivity index (χ1) is 9.38. The second kappa shape index (κ2) is 5.28. The van der Waals surface area contributed by atoms with E-state index in [1.807, 2.05) is 0 Å². The Hall–Kier alpha value is -2.44. The normalized spacial score (nSPS) is 11.3. The van der Waals surface area contributed by atoms with Crippen molar-refractivity contribution in [3.63, 3.8) is 0 Å². The summed E-state index contributed by atoms with van der Waals surface area (Å²) in [7, 11) is 0. The highest BCUT2D eigenvalue weighted by Crippen LogP contribution is 2.30. The number of anilines is 1. The molecule has 0 radical (unpaired) electrons. The average molecular weight is 285 g/mol. The zero-order chi connectivity index (χ0) is 14.8. The molecule has 2 aromatic rings. The molecule has 0 aliphatic rings. The smallest absolute Gasteiger partial charge is 0.416 e. The van der Waals surface area contributed by atoms with Crippen LogP contribution in [0, 0.1) is 0 Å². The summed E-state index contributed by atoms with van der Waals surface area (Å²) in [4.78, 5) is 10.8. The molecule has 0 aliphatic carbocycles. The van der Waals surface area contributed by atoms with E-state index in [2.05, 4.69) is 5.32 Å². The van der Waals surface area contributed by atoms with E-state index >= 15 is 0 Å². The Morgan fingerprint density at radius 3 is 2.70 bits per heavy atom. The number of rotatable bonds is 4. The van der Waals surface area contributed by atoms with Crippen LogP contribution in [0.2, 0.25) is 0 Å². The maximum atomic E-state index is 12.5. The molecular weight excluding hydrogens is 275 g/mol. The van der Waals surface area contributed by atoms with E-state index in [0.29, 0.717) is 5.56 Å². The van der Waals surface area contributed by atoms with Gasteiger partial charge in [-0.25, -0.2) is 4.79 Å². The zero-order valence-electron chi connectivity index (χ0n) is 10.1. The zero-order valence-corrected chi connectivity index (χ0v) is 10.1. The van der Waals surface area contributed by atoms with Gasteiger partial charge in [0.1, 0.15) is 0 Å². The number of carboxylic acid groups (broad SMARTS) is 1. The Kier molecular flexibility index (Phi) is 3.69. The topological polar surface area (TPSA) is 62.5 Å². The van der Waals surface area contributed by atoms with Crippen molar-refractivity contribution in [2.45, 2.75) is 12.7 Å². The Balaban J connectivity index is 2.11. The molecule has 4 nitrogen and oxygen atoms in total. The SMILES string of the molecule is O=C(O)c1occc1CNc1cccc(C(F)(F)F)c1. The molecule has 0 saturated heterocycles. The lowest BCUT2D eigenvalue weighted by Gasteiger charge is -2.10. The molecule has 1 aromatic carbocycles. The summed E-state index contributed by atoms with van der Waals surface area (Å²) in [5, 5.41) is 11.6. The van der Waals surface area contributed by atoms with Gasteiger partial charge in [0, 0.05) is 17.8 Å². The lowest BCUT2D eigenvalue weighted by Crippen LogP contribution is -2.07. The first-order valence-corrected chi connectivity index (χ1v) is 5.58. The summed E-state index contributed by atoms with van der Waals surface area (Å²) >= 11 is 0. The monoisotopic (exact) mass is 285 g/mol. The van der Waals surface area contributed by atoms with Crippen molar-refractivity contribution >= 4 is 11.7 Å². The minimum Gasteiger partial charge on any atom is -0.475 e. The Morgan fingerprint density at radius 1 is 1.30 bits per heavy atom. The van der Waals surface area contributed by atoms with Gasteiger partial charge in [0.2, 0.25) is 5.76 Å². The fourth-order valence-electron chi connectivity index (χ4n) is 1.67. The van der Waals surface area contributed by atoms with Gasteiger partial charge in [0.15, 0.2) is 0 Å². The average Bonchev–Trinajstić information content (AvgIpc) is 2.84. The van der Waals surface area contributed by atoms with Gasteiger partial charge >= 0.3 is 12.1 Å². The minimum atomic E-state index is -4.42. The number of alkyl halides is 3. The van der Waals surface area contributed by atoms with Gasteiger partial charge in [-0.2, -0.15) is 13.2 Å². The van der Waals surface area contributed by atoms with Crippen molar-refractivity contribution in [1.82, 2.24) is 0 Å². The van der Waals surface area contributed by atoms with Gasteiger partial charge in [-0.05, 0) is 24.3 Å². The van der Waals surface area contributed by atoms with Crippen LogP contribution in [0.4, 0.5) is 18.9 Å². The standard InChI is InChI=1S/C13H10F3NO3/c14-13(15,16)9-2-1-3-10(6-9)17-7-8-4-5-20-11(8)12(18)19/h1-6,17H,7H2,(H,18,19). The Bertz CT molecular complexity index is 619. The van der Waals surface area contributed by atoms with E-state index in [1.165, 1.54) is 24.5 Å². The van der Waals surface area contributed by atoms with Crippen LogP contribution in [-0.4, -0.2) is 11.1 Å². The Morgan fingerprint density at radius 2 is 2.05 bits per heavy atom. The lowest BCUT2D eigenvalue weighted by atomic mass is 10.2. The van der Waals surface area contributed by atoms with Crippen molar-refractivity contribution in [2.75, 3.05) is 5.32 Å². The van der Waals surface area contributed by atoms with E-state index in [1.54, 1.807) is 0 Å². The third-order valence-corrected chi connectivity index (χ3v) is 2.61. The van der Waals surface area contributed by atoms with Crippen molar-refractivity contribution in [3.05, 3.63) is 53.5 Å². The number of carbonyl (C=O) groups is 1. The molecule has 2 rings (SSSR count). The second-order valence-corrected chi connectivity index (χ2v) is 4.01. The summed E-state index contributed by atoms with van der Waals surface area (Å²) in [5.74, 6) is -1.46. The molecule has 1 heterocycles. The molecule has 0 amide bonds. The molecule has 0 saturated carbocycles. The van der Waals surface area contributed by atoms with Gasteiger partial charge in [-0.1, -0.05) is 6.07 Å². The first-order valence-electron chi connectivity index (χ1n) is 5.58. The predicted molar refractivity (Wildman–Crippen MR) is 64.4 cm³/mol. The van der Waals surface area contributed by atoms with Crippen LogP contribution in [0.5, 0.6) is 0 Å². The van der Waals surface area contributed by atoms with Gasteiger partial charge in [-0.15, -0.1) is 0 Å². The number of hydrogen-bond donors (Lipinski definition) is 2. The molecule has 2 N–H and O–H groups in total. The molecule has 20 heavy (non-hydrogen) atoms. The third kappa shape index (κ3) is 3.11. The number of aromatic carboxylic acids is 1. The van der Waals surface area contributed by atoms with Crippen LogP contribution >= 0.6 is 0 Å². The van der Waals surface area contributed by atoms with E-state index in [0.717, 1.165) is 12.1 Å². The first kappa shape index (κ1) is 14.0. The Labute approximate surface area is 111 Å². The number of furan rings is 1. The molecule has 0 spiro atoms. The number of nitrogens with one attached hydrogen (secondary N) is 1. The van der Waals surface area contributed by atoms with Gasteiger partial charge < -0.3 is 14.8 Å². The van der Waals surface area contributed by atoms with Crippen LogP contribution in [0.1, 0.15) is 21.7 Å². The number of hydrogen-bond acceptors (Lipinski definition) is 3. The lowest BCUT2D eigenvalue weighted by molar-refractivity contribution is -0.137. The summed E-state index contributed by atoms with van der Waals surface area (Å²) < 4.78 is 42.4. The summed E-state index contributed by atoms with van der Waals surface area (Å²) in [6, 6.07) is 6.12. The van der Waals surface area contributed by atoms with Crippen LogP contribution in [-0.2, 0) is 12.7 Å². The molecule has 0 fully saturated rings. The van der Waals surface area contributed by atoms with E-state index in [9.17, 15) is 18.0 Å². The van der Waals surface area contributed by atoms with Crippen molar-refractivity contribution in [1.29, 1.82) is 0 Å². The molecule has 0 aliphatic heterocycles. The highest BCUT2D eigenvalue weighted by Gasteiger charge is 2.30. The van der Waals surface area contributed by atoms with Gasteiger partial charge in [-0.3, -0.25) is 0 Å². The van der Waals surface area contributed by atoms with E-state index in [4.69, 9.17) is 9.52 Å². The highest BCUT2D eigenvalue weighted by atomic mass is 19.4. The molecule has 0 atom stereocenters. The molecule has 0 bridgehead atoms. The molecule has 1 aromatic heterocycles. The molecule has 7 heteroatoms. The number of benzene rings is 1. The van der Waals surface area contributed by atoms with Crippen LogP contribution < -0.4 is 5.32 Å². The van der Waals surface area contributed by atoms with Crippen LogP contribution in [0.25, 0.3) is 0 Å². The largest absolute Gasteiger partial charge is 0.475 e. The molecule has 0 unspecified atom stereocenters. The predicted octanol–water partition coefficient (Wildman–Crippen LogP) is 3.61. The fraction of sp³-hybridized carbons (Fsp3) is 0.154. The quantitative estimate of drug-likeness (QED) is 0.900. The molecular formula is C13H10F3NO3. The fourth-order valence-corrected chi connectivity index (χ4v) is 1.67. The highest BCUT2D eigenvalue weighted by molar-refractivity contribution is 5.86. The van der Waals surface area contributed by atoms with Crippen LogP contribution in [0.3, 0.4) is 0 Å². The number of halogens is 3. The number of carboxylic acids is 1. The van der Waals surface area contributed by atoms with Gasteiger partial charge in [0.25, 0.3) is 0 Å². The third-order valence-electron chi connectivity index (χ3n) is 2.61. The summed E-state index contributed by atoms with van der Waals surface area (Å²) in [6.07, 6.45) is -3.20. The van der Waals surface area contributed by atoms with E-state index < -0.39 is 17.7 Å². The van der Waals surface area contributed by atoms with Crippen LogP contribution in [0.15, 0.2) is 41.0 Å². The molecule has 106 valence electrons. The van der Waals surface area contributed by atoms with Gasteiger partial charge in [0.05, 0.1) is 11.8 Å². The summed E-state index contributed by atoms with van der Waals surface area (Å²) in [5.41, 5.74) is -0.166. The van der Waals surface area contributed by atoms with Crippen molar-refractivity contribution in [2.24, 2.45) is 0 Å². The van der Waals surface area contributed by atoms with Crippen molar-refractivity contribution in [3.8, 4) is 0 Å². The van der Waals surface area contributed by atoms with Crippen molar-refractivity contribution < 1.29 is 27.5 Å². The minimum absolute atomic E-state index is 0.0550. The maximum Gasteiger partial charge on any atom is 0.416 e. The second-order valence-electron chi connectivity index (χ2n) is 4.01. The summed E-state index contributed by atoms with van der Waals surface area (Å²) in [6.45, 7) is 0.0550.